The molecule has 1 aliphatic carbocycles. The highest BCUT2D eigenvalue weighted by molar-refractivity contribution is 5.72. The first-order valence-electron chi connectivity index (χ1n) is 6.46. The molecule has 1 heterocycles. The maximum absolute atomic E-state index is 11.8. The van der Waals surface area contributed by atoms with Crippen LogP contribution >= 0.6 is 0 Å². The number of para-hydroxylation sites is 1. The molecule has 3 rings (SSSR count). The van der Waals surface area contributed by atoms with Crippen LogP contribution in [0.3, 0.4) is 0 Å². The summed E-state index contributed by atoms with van der Waals surface area (Å²) in [5, 5.41) is 2.84. The molecular weight excluding hydrogens is 252 g/mol. The molecule has 100 valence electrons. The molecule has 1 aliphatic rings. The third-order valence-corrected chi connectivity index (χ3v) is 3.15. The van der Waals surface area contributed by atoms with Gasteiger partial charge in [-0.15, -0.1) is 0 Å². The van der Waals surface area contributed by atoms with Gasteiger partial charge in [0.25, 0.3) is 0 Å². The lowest BCUT2D eigenvalue weighted by atomic mass is 9.96. The van der Waals surface area contributed by atoms with Crippen molar-refractivity contribution >= 4 is 12.2 Å². The van der Waals surface area contributed by atoms with Crippen molar-refractivity contribution in [3.63, 3.8) is 0 Å². The maximum atomic E-state index is 11.8. The van der Waals surface area contributed by atoms with Crippen molar-refractivity contribution in [3.8, 4) is 5.75 Å². The summed E-state index contributed by atoms with van der Waals surface area (Å²) in [5.74, 6) is 0.536. The van der Waals surface area contributed by atoms with Crippen LogP contribution in [-0.2, 0) is 6.42 Å². The van der Waals surface area contributed by atoms with Gasteiger partial charge in [-0.25, -0.2) is 4.79 Å². The minimum atomic E-state index is -0.441. The minimum absolute atomic E-state index is 0.0545. The van der Waals surface area contributed by atoms with Crippen molar-refractivity contribution < 1.29 is 9.53 Å². The molecule has 4 heteroatoms. The zero-order valence-electron chi connectivity index (χ0n) is 10.8. The Morgan fingerprint density at radius 3 is 2.95 bits per heavy atom. The molecule has 0 bridgehead atoms. The second kappa shape index (κ2) is 5.57. The van der Waals surface area contributed by atoms with E-state index in [2.05, 4.69) is 10.3 Å². The number of fused-ring (bicyclic) bond motifs is 1. The predicted molar refractivity (Wildman–Crippen MR) is 76.4 cm³/mol. The van der Waals surface area contributed by atoms with Crippen molar-refractivity contribution in [1.29, 1.82) is 0 Å². The number of carbonyl (C=O) groups is 1. The number of rotatable bonds is 2. The van der Waals surface area contributed by atoms with Gasteiger partial charge in [-0.3, -0.25) is 4.98 Å². The van der Waals surface area contributed by atoms with Crippen LogP contribution in [0.15, 0.2) is 54.9 Å². The van der Waals surface area contributed by atoms with Crippen LogP contribution in [0.5, 0.6) is 5.75 Å². The van der Waals surface area contributed by atoms with Crippen molar-refractivity contribution in [2.75, 3.05) is 0 Å². The van der Waals surface area contributed by atoms with Crippen molar-refractivity contribution in [2.24, 2.45) is 0 Å². The Bertz CT molecular complexity index is 638. The summed E-state index contributed by atoms with van der Waals surface area (Å²) in [7, 11) is 0. The van der Waals surface area contributed by atoms with E-state index in [0.717, 1.165) is 12.0 Å². The summed E-state index contributed by atoms with van der Waals surface area (Å²) >= 11 is 0. The van der Waals surface area contributed by atoms with Gasteiger partial charge in [-0.1, -0.05) is 30.4 Å². The number of ether oxygens (including phenoxy) is 1. The van der Waals surface area contributed by atoms with Crippen LogP contribution < -0.4 is 10.1 Å². The highest BCUT2D eigenvalue weighted by Gasteiger charge is 2.16. The molecule has 0 spiro atoms. The van der Waals surface area contributed by atoms with Crippen molar-refractivity contribution in [2.45, 2.75) is 12.5 Å². The van der Waals surface area contributed by atoms with Gasteiger partial charge >= 0.3 is 6.09 Å². The van der Waals surface area contributed by atoms with E-state index in [9.17, 15) is 4.79 Å². The van der Waals surface area contributed by atoms with Gasteiger partial charge in [0.15, 0.2) is 0 Å². The average Bonchev–Trinajstić information content (AvgIpc) is 2.48. The smallest absolute Gasteiger partial charge is 0.410 e. The lowest BCUT2D eigenvalue weighted by Gasteiger charge is -2.19. The van der Waals surface area contributed by atoms with E-state index in [-0.39, 0.29) is 6.04 Å². The maximum Gasteiger partial charge on any atom is 0.413 e. The summed E-state index contributed by atoms with van der Waals surface area (Å²) < 4.78 is 5.21. The third-order valence-electron chi connectivity index (χ3n) is 3.15. The van der Waals surface area contributed by atoms with Crippen LogP contribution in [0.2, 0.25) is 0 Å². The zero-order valence-corrected chi connectivity index (χ0v) is 10.8. The second-order valence-corrected chi connectivity index (χ2v) is 4.59. The van der Waals surface area contributed by atoms with Crippen LogP contribution in [0.1, 0.15) is 11.1 Å². The van der Waals surface area contributed by atoms with E-state index in [4.69, 9.17) is 4.74 Å². The molecule has 1 amide bonds. The van der Waals surface area contributed by atoms with E-state index >= 15 is 0 Å². The summed E-state index contributed by atoms with van der Waals surface area (Å²) in [6.45, 7) is 0. The molecule has 0 aliphatic heterocycles. The molecule has 0 fully saturated rings. The van der Waals surface area contributed by atoms with Gasteiger partial charge in [0.05, 0.1) is 6.04 Å². The van der Waals surface area contributed by atoms with Crippen LogP contribution in [0.4, 0.5) is 4.79 Å². The molecule has 2 aromatic rings. The van der Waals surface area contributed by atoms with Gasteiger partial charge in [0, 0.05) is 12.4 Å². The van der Waals surface area contributed by atoms with Gasteiger partial charge in [0.1, 0.15) is 5.75 Å². The summed E-state index contributed by atoms with van der Waals surface area (Å²) in [6.07, 6.45) is 7.82. The topological polar surface area (TPSA) is 51.2 Å². The second-order valence-electron chi connectivity index (χ2n) is 4.59. The molecule has 20 heavy (non-hydrogen) atoms. The fraction of sp³-hybridized carbons (Fsp3) is 0.125. The molecule has 1 aromatic carbocycles. The fourth-order valence-corrected chi connectivity index (χ4v) is 2.17. The quantitative estimate of drug-likeness (QED) is 0.909. The van der Waals surface area contributed by atoms with Crippen LogP contribution in [-0.4, -0.2) is 17.1 Å². The molecule has 1 aromatic heterocycles. The first-order chi connectivity index (χ1) is 9.81. The highest BCUT2D eigenvalue weighted by Crippen LogP contribution is 2.18. The van der Waals surface area contributed by atoms with Crippen LogP contribution in [0.25, 0.3) is 6.08 Å². The monoisotopic (exact) mass is 266 g/mol. The Balaban J connectivity index is 1.61. The van der Waals surface area contributed by atoms with Crippen molar-refractivity contribution in [3.05, 3.63) is 66.0 Å². The average molecular weight is 266 g/mol. The number of aromatic nitrogens is 1. The Labute approximate surface area is 117 Å². The van der Waals surface area contributed by atoms with E-state index < -0.39 is 6.09 Å². The number of carbonyl (C=O) groups excluding carboxylic acids is 1. The predicted octanol–water partition coefficient (Wildman–Crippen LogP) is 2.81. The Morgan fingerprint density at radius 1 is 1.25 bits per heavy atom. The Hall–Kier alpha value is -2.62. The molecule has 1 N–H and O–H groups in total. The standard InChI is InChI=1S/C16H14N2O2/c19-16(20-15-4-2-1-3-5-15)18-14-7-6-13-11-17-9-8-12(13)10-14/h1-9,11,14H,10H2,(H,18,19). The van der Waals surface area contributed by atoms with Gasteiger partial charge in [-0.2, -0.15) is 0 Å². The molecular formula is C16H14N2O2. The largest absolute Gasteiger partial charge is 0.413 e. The molecule has 4 nitrogen and oxygen atoms in total. The number of hydrogen-bond acceptors (Lipinski definition) is 3. The summed E-state index contributed by atoms with van der Waals surface area (Å²) in [6, 6.07) is 10.9. The number of amides is 1. The van der Waals surface area contributed by atoms with E-state index in [1.165, 1.54) is 5.56 Å². The third kappa shape index (κ3) is 2.85. The van der Waals surface area contributed by atoms with E-state index in [1.54, 1.807) is 18.3 Å². The Kier molecular flexibility index (Phi) is 3.46. The zero-order chi connectivity index (χ0) is 13.8. The first kappa shape index (κ1) is 12.4. The van der Waals surface area contributed by atoms with E-state index in [1.807, 2.05) is 42.6 Å². The van der Waals surface area contributed by atoms with Gasteiger partial charge in [-0.05, 0) is 35.7 Å². The number of pyridine rings is 1. The van der Waals surface area contributed by atoms with Crippen LogP contribution in [0, 0.1) is 0 Å². The summed E-state index contributed by atoms with van der Waals surface area (Å²) in [5.41, 5.74) is 2.27. The first-order valence-corrected chi connectivity index (χ1v) is 6.46. The SMILES string of the molecule is O=C(NC1C=Cc2cnccc2C1)Oc1ccccc1. The molecule has 1 unspecified atom stereocenters. The lowest BCUT2D eigenvalue weighted by Crippen LogP contribution is -2.38. The molecule has 1 atom stereocenters. The summed E-state index contributed by atoms with van der Waals surface area (Å²) in [4.78, 5) is 15.9. The Morgan fingerprint density at radius 2 is 2.10 bits per heavy atom. The normalized spacial score (nSPS) is 16.3. The van der Waals surface area contributed by atoms with Crippen molar-refractivity contribution in [1.82, 2.24) is 10.3 Å². The number of nitrogens with one attached hydrogen (secondary N) is 1. The lowest BCUT2D eigenvalue weighted by molar-refractivity contribution is 0.198. The highest BCUT2D eigenvalue weighted by atomic mass is 16.6. The molecule has 0 saturated carbocycles. The van der Waals surface area contributed by atoms with E-state index in [0.29, 0.717) is 5.75 Å². The molecule has 0 radical (unpaired) electrons. The minimum Gasteiger partial charge on any atom is -0.410 e. The fourth-order valence-electron chi connectivity index (χ4n) is 2.17. The van der Waals surface area contributed by atoms with Gasteiger partial charge in [0.2, 0.25) is 0 Å². The molecule has 0 saturated heterocycles. The number of benzene rings is 1. The number of nitrogens with zero attached hydrogens (tertiary/aromatic N) is 1. The number of hydrogen-bond donors (Lipinski definition) is 1. The van der Waals surface area contributed by atoms with Gasteiger partial charge < -0.3 is 10.1 Å².